The summed E-state index contributed by atoms with van der Waals surface area (Å²) in [5.41, 5.74) is 2.63. The van der Waals surface area contributed by atoms with E-state index in [2.05, 4.69) is 38.8 Å². The summed E-state index contributed by atoms with van der Waals surface area (Å²) < 4.78 is 5.27. The third-order valence-corrected chi connectivity index (χ3v) is 5.29. The molecular formula is C20H28N4O. The van der Waals surface area contributed by atoms with Crippen molar-refractivity contribution < 1.29 is 4.74 Å². The number of nitrogens with one attached hydrogen (secondary N) is 2. The monoisotopic (exact) mass is 340 g/mol. The summed E-state index contributed by atoms with van der Waals surface area (Å²) in [6.45, 7) is 2.51. The number of para-hydroxylation sites is 1. The molecule has 0 bridgehead atoms. The summed E-state index contributed by atoms with van der Waals surface area (Å²) in [7, 11) is 3.60. The van der Waals surface area contributed by atoms with Gasteiger partial charge in [-0.1, -0.05) is 24.6 Å². The van der Waals surface area contributed by atoms with E-state index in [0.717, 1.165) is 37.6 Å². The molecule has 1 aliphatic rings. The van der Waals surface area contributed by atoms with Crippen LogP contribution in [0.15, 0.2) is 41.5 Å². The molecule has 5 heteroatoms. The topological polar surface area (TPSA) is 58.5 Å². The van der Waals surface area contributed by atoms with Gasteiger partial charge in [0.15, 0.2) is 5.96 Å². The van der Waals surface area contributed by atoms with Crippen molar-refractivity contribution in [2.24, 2.45) is 10.4 Å². The zero-order valence-electron chi connectivity index (χ0n) is 15.2. The Hall–Kier alpha value is -2.14. The van der Waals surface area contributed by atoms with Crippen LogP contribution < -0.4 is 10.6 Å². The highest BCUT2D eigenvalue weighted by atomic mass is 16.5. The molecule has 1 saturated carbocycles. The molecule has 1 aromatic heterocycles. The van der Waals surface area contributed by atoms with Crippen LogP contribution in [0.5, 0.6) is 0 Å². The molecule has 1 fully saturated rings. The zero-order valence-corrected chi connectivity index (χ0v) is 15.2. The van der Waals surface area contributed by atoms with Crippen LogP contribution in [0.4, 0.5) is 0 Å². The number of pyridine rings is 1. The minimum absolute atomic E-state index is 0.372. The second-order valence-corrected chi connectivity index (χ2v) is 6.86. The summed E-state index contributed by atoms with van der Waals surface area (Å²) in [5, 5.41) is 8.13. The van der Waals surface area contributed by atoms with E-state index in [-0.39, 0.29) is 0 Å². The van der Waals surface area contributed by atoms with Gasteiger partial charge in [-0.15, -0.1) is 0 Å². The van der Waals surface area contributed by atoms with Crippen LogP contribution in [0.3, 0.4) is 0 Å². The number of rotatable bonds is 7. The Morgan fingerprint density at radius 3 is 2.80 bits per heavy atom. The average Bonchev–Trinajstić information content (AvgIpc) is 2.63. The van der Waals surface area contributed by atoms with E-state index in [9.17, 15) is 0 Å². The number of guanidine groups is 1. The number of nitrogens with zero attached hydrogens (tertiary/aromatic N) is 2. The molecule has 0 unspecified atom stereocenters. The predicted octanol–water partition coefficient (Wildman–Crippen LogP) is 3.11. The van der Waals surface area contributed by atoms with Gasteiger partial charge in [-0.25, -0.2) is 0 Å². The maximum atomic E-state index is 5.27. The Balaban J connectivity index is 1.57. The van der Waals surface area contributed by atoms with Gasteiger partial charge in [-0.2, -0.15) is 0 Å². The van der Waals surface area contributed by atoms with Crippen LogP contribution in [-0.2, 0) is 11.3 Å². The molecule has 0 atom stereocenters. The highest BCUT2D eigenvalue weighted by Crippen LogP contribution is 2.43. The van der Waals surface area contributed by atoms with E-state index < -0.39 is 0 Å². The lowest BCUT2D eigenvalue weighted by atomic mass is 9.67. The molecule has 0 spiro atoms. The summed E-state index contributed by atoms with van der Waals surface area (Å²) in [5.74, 6) is 0.851. The molecule has 0 aliphatic heterocycles. The molecule has 25 heavy (non-hydrogen) atoms. The fourth-order valence-electron chi connectivity index (χ4n) is 3.49. The van der Waals surface area contributed by atoms with Crippen molar-refractivity contribution in [3.05, 3.63) is 42.1 Å². The van der Waals surface area contributed by atoms with Crippen molar-refractivity contribution in [1.29, 1.82) is 0 Å². The first-order valence-corrected chi connectivity index (χ1v) is 9.02. The second kappa shape index (κ2) is 8.30. The molecule has 0 saturated heterocycles. The average molecular weight is 340 g/mol. The maximum absolute atomic E-state index is 5.27. The number of fused-ring (bicyclic) bond motifs is 1. The Bertz CT molecular complexity index is 719. The lowest BCUT2D eigenvalue weighted by molar-refractivity contribution is 0.0732. The second-order valence-electron chi connectivity index (χ2n) is 6.86. The van der Waals surface area contributed by atoms with Gasteiger partial charge in [0.25, 0.3) is 0 Å². The van der Waals surface area contributed by atoms with Crippen molar-refractivity contribution in [3.8, 4) is 0 Å². The third-order valence-electron chi connectivity index (χ3n) is 5.29. The van der Waals surface area contributed by atoms with Crippen LogP contribution in [-0.4, -0.2) is 38.3 Å². The minimum atomic E-state index is 0.372. The number of aromatic nitrogens is 1. The van der Waals surface area contributed by atoms with Gasteiger partial charge >= 0.3 is 0 Å². The fourth-order valence-corrected chi connectivity index (χ4v) is 3.49. The first-order valence-electron chi connectivity index (χ1n) is 9.02. The van der Waals surface area contributed by atoms with E-state index in [1.54, 1.807) is 7.11 Å². The van der Waals surface area contributed by atoms with Crippen LogP contribution in [0, 0.1) is 5.41 Å². The smallest absolute Gasteiger partial charge is 0.191 e. The van der Waals surface area contributed by atoms with Gasteiger partial charge in [-0.3, -0.25) is 9.98 Å². The van der Waals surface area contributed by atoms with Crippen LogP contribution in [0.25, 0.3) is 10.9 Å². The standard InChI is InChI=1S/C20H28N4O/c1-21-19(24-15-20(9-5-10-20)11-13-25-2)23-14-16-8-12-22-18-7-4-3-6-17(16)18/h3-4,6-8,12H,5,9-11,13-15H2,1-2H3,(H2,21,23,24). The van der Waals surface area contributed by atoms with E-state index in [0.29, 0.717) is 5.41 Å². The van der Waals surface area contributed by atoms with E-state index in [1.807, 2.05) is 25.4 Å². The van der Waals surface area contributed by atoms with Crippen molar-refractivity contribution in [1.82, 2.24) is 15.6 Å². The minimum Gasteiger partial charge on any atom is -0.385 e. The maximum Gasteiger partial charge on any atom is 0.191 e. The van der Waals surface area contributed by atoms with Crippen molar-refractivity contribution in [2.75, 3.05) is 27.3 Å². The van der Waals surface area contributed by atoms with Crippen molar-refractivity contribution in [2.45, 2.75) is 32.2 Å². The largest absolute Gasteiger partial charge is 0.385 e. The van der Waals surface area contributed by atoms with E-state index in [1.165, 1.54) is 30.2 Å². The zero-order chi connectivity index (χ0) is 17.5. The van der Waals surface area contributed by atoms with E-state index >= 15 is 0 Å². The molecule has 134 valence electrons. The van der Waals surface area contributed by atoms with Gasteiger partial charge in [0.05, 0.1) is 5.52 Å². The molecule has 3 rings (SSSR count). The van der Waals surface area contributed by atoms with Gasteiger partial charge in [0, 0.05) is 45.4 Å². The lowest BCUT2D eigenvalue weighted by Gasteiger charge is -2.42. The third kappa shape index (κ3) is 4.28. The number of ether oxygens (including phenoxy) is 1. The summed E-state index contributed by atoms with van der Waals surface area (Å²) in [6.07, 6.45) is 6.84. The van der Waals surface area contributed by atoms with Gasteiger partial charge in [0.2, 0.25) is 0 Å². The highest BCUT2D eigenvalue weighted by Gasteiger charge is 2.36. The van der Waals surface area contributed by atoms with Crippen LogP contribution >= 0.6 is 0 Å². The summed E-state index contributed by atoms with van der Waals surface area (Å²) in [6, 6.07) is 10.3. The van der Waals surface area contributed by atoms with Crippen LogP contribution in [0.2, 0.25) is 0 Å². The molecule has 1 aliphatic carbocycles. The molecule has 0 radical (unpaired) electrons. The lowest BCUT2D eigenvalue weighted by Crippen LogP contribution is -2.46. The molecule has 0 amide bonds. The predicted molar refractivity (Wildman–Crippen MR) is 103 cm³/mol. The first-order chi connectivity index (χ1) is 12.3. The van der Waals surface area contributed by atoms with E-state index in [4.69, 9.17) is 4.74 Å². The summed E-state index contributed by atoms with van der Waals surface area (Å²) >= 11 is 0. The van der Waals surface area contributed by atoms with Crippen molar-refractivity contribution in [3.63, 3.8) is 0 Å². The number of hydrogen-bond acceptors (Lipinski definition) is 3. The van der Waals surface area contributed by atoms with Crippen LogP contribution in [0.1, 0.15) is 31.2 Å². The molecule has 1 aromatic carbocycles. The Labute approximate surface area is 149 Å². The Morgan fingerprint density at radius 1 is 1.24 bits per heavy atom. The normalized spacial score (nSPS) is 16.5. The molecular weight excluding hydrogens is 312 g/mol. The van der Waals surface area contributed by atoms with Gasteiger partial charge in [-0.05, 0) is 42.4 Å². The number of benzene rings is 1. The molecule has 2 N–H and O–H groups in total. The summed E-state index contributed by atoms with van der Waals surface area (Å²) in [4.78, 5) is 8.79. The molecule has 2 aromatic rings. The molecule has 1 heterocycles. The SMILES string of the molecule is CN=C(NCc1ccnc2ccccc12)NCC1(CCOC)CCC1. The quantitative estimate of drug-likeness (QED) is 0.601. The Kier molecular flexibility index (Phi) is 5.87. The fraction of sp³-hybridized carbons (Fsp3) is 0.500. The van der Waals surface area contributed by atoms with Gasteiger partial charge in [0.1, 0.15) is 0 Å². The van der Waals surface area contributed by atoms with Gasteiger partial charge < -0.3 is 15.4 Å². The van der Waals surface area contributed by atoms with Crippen molar-refractivity contribution >= 4 is 16.9 Å². The number of methoxy groups -OCH3 is 1. The first kappa shape index (κ1) is 17.7. The highest BCUT2D eigenvalue weighted by molar-refractivity contribution is 5.83. The Morgan fingerprint density at radius 2 is 2.08 bits per heavy atom. The number of aliphatic imine (C=N–C) groups is 1. The molecule has 5 nitrogen and oxygen atoms in total. The number of hydrogen-bond donors (Lipinski definition) is 2.